The van der Waals surface area contributed by atoms with Crippen molar-refractivity contribution in [3.63, 3.8) is 0 Å². The van der Waals surface area contributed by atoms with E-state index in [4.69, 9.17) is 4.74 Å². The van der Waals surface area contributed by atoms with Crippen LogP contribution in [0.2, 0.25) is 0 Å². The second-order valence-corrected chi connectivity index (χ2v) is 3.44. The van der Waals surface area contributed by atoms with Crippen LogP contribution in [0.25, 0.3) is 16.3 Å². The van der Waals surface area contributed by atoms with Gasteiger partial charge in [-0.15, -0.1) is 11.3 Å². The Bertz CT molecular complexity index is 433. The summed E-state index contributed by atoms with van der Waals surface area (Å²) < 4.78 is 4.87. The van der Waals surface area contributed by atoms with E-state index in [2.05, 4.69) is 16.4 Å². The average Bonchev–Trinajstić information content (AvgIpc) is 2.58. The van der Waals surface area contributed by atoms with E-state index in [0.29, 0.717) is 0 Å². The Morgan fingerprint density at radius 2 is 2.46 bits per heavy atom. The molecule has 0 N–H and O–H groups in total. The van der Waals surface area contributed by atoms with E-state index in [-0.39, 0.29) is 0 Å². The molecule has 0 radical (unpaired) electrons. The number of nitrogens with zero attached hydrogens (tertiary/aromatic N) is 1. The average molecular weight is 191 g/mol. The monoisotopic (exact) mass is 191 g/mol. The molecule has 2 heterocycles. The highest BCUT2D eigenvalue weighted by atomic mass is 32.1. The van der Waals surface area contributed by atoms with Gasteiger partial charge in [-0.2, -0.15) is 0 Å². The lowest BCUT2D eigenvalue weighted by Crippen LogP contribution is -1.71. The third-order valence-corrected chi connectivity index (χ3v) is 2.68. The fourth-order valence-electron chi connectivity index (χ4n) is 1.16. The lowest BCUT2D eigenvalue weighted by atomic mass is 10.2. The van der Waals surface area contributed by atoms with Crippen LogP contribution in [0.15, 0.2) is 30.0 Å². The van der Waals surface area contributed by atoms with E-state index in [0.717, 1.165) is 10.4 Å². The third kappa shape index (κ3) is 1.55. The summed E-state index contributed by atoms with van der Waals surface area (Å²) in [7, 11) is 1.64. The van der Waals surface area contributed by atoms with Gasteiger partial charge in [-0.3, -0.25) is 0 Å². The largest absolute Gasteiger partial charge is 0.504 e. The number of fused-ring (bicyclic) bond motifs is 1. The predicted octanol–water partition coefficient (Wildman–Crippen LogP) is 2.91. The van der Waals surface area contributed by atoms with Crippen molar-refractivity contribution in [2.75, 3.05) is 7.11 Å². The predicted molar refractivity (Wildman–Crippen MR) is 55.7 cm³/mol. The minimum atomic E-state index is 1.07. The third-order valence-electron chi connectivity index (χ3n) is 1.76. The van der Waals surface area contributed by atoms with Crippen molar-refractivity contribution in [1.29, 1.82) is 0 Å². The van der Waals surface area contributed by atoms with E-state index >= 15 is 0 Å². The van der Waals surface area contributed by atoms with Gasteiger partial charge in [0.05, 0.1) is 13.4 Å². The molecule has 0 saturated carbocycles. The molecule has 0 aliphatic carbocycles. The van der Waals surface area contributed by atoms with Gasteiger partial charge in [0, 0.05) is 17.0 Å². The molecule has 0 aromatic carbocycles. The van der Waals surface area contributed by atoms with E-state index in [1.807, 2.05) is 18.3 Å². The maximum atomic E-state index is 4.87. The normalized spacial score (nSPS) is 11.2. The van der Waals surface area contributed by atoms with Crippen molar-refractivity contribution in [2.24, 2.45) is 0 Å². The Balaban J connectivity index is 2.52. The zero-order valence-electron chi connectivity index (χ0n) is 7.23. The lowest BCUT2D eigenvalue weighted by Gasteiger charge is -1.90. The molecular weight excluding hydrogens is 182 g/mol. The Labute approximate surface area is 80.5 Å². The molecule has 0 bridgehead atoms. The van der Waals surface area contributed by atoms with Crippen molar-refractivity contribution in [2.45, 2.75) is 0 Å². The highest BCUT2D eigenvalue weighted by Crippen LogP contribution is 2.24. The smallest absolute Gasteiger partial charge is 0.123 e. The van der Waals surface area contributed by atoms with Crippen LogP contribution in [-0.2, 0) is 4.74 Å². The van der Waals surface area contributed by atoms with Crippen LogP contribution in [0.1, 0.15) is 5.56 Å². The van der Waals surface area contributed by atoms with Crippen molar-refractivity contribution in [3.05, 3.63) is 35.5 Å². The number of ether oxygens (including phenoxy) is 1. The first-order chi connectivity index (χ1) is 6.42. The molecule has 0 spiro atoms. The topological polar surface area (TPSA) is 22.1 Å². The number of methoxy groups -OCH3 is 1. The second kappa shape index (κ2) is 3.58. The fraction of sp³-hybridized carbons (Fsp3) is 0.100. The highest BCUT2D eigenvalue weighted by Gasteiger charge is 1.99. The molecule has 0 aliphatic rings. The van der Waals surface area contributed by atoms with Crippen LogP contribution in [0, 0.1) is 0 Å². The van der Waals surface area contributed by atoms with Gasteiger partial charge in [-0.05, 0) is 23.8 Å². The molecule has 66 valence electrons. The van der Waals surface area contributed by atoms with Crippen LogP contribution in [0.4, 0.5) is 0 Å². The summed E-state index contributed by atoms with van der Waals surface area (Å²) >= 11 is 1.65. The molecular formula is C10H9NOS. The zero-order valence-corrected chi connectivity index (χ0v) is 8.04. The molecule has 0 amide bonds. The van der Waals surface area contributed by atoms with Gasteiger partial charge in [0.2, 0.25) is 0 Å². The number of thiophene rings is 1. The molecule has 2 aromatic rings. The fourth-order valence-corrected chi connectivity index (χ4v) is 2.04. The second-order valence-electron chi connectivity index (χ2n) is 2.59. The molecule has 2 aromatic heterocycles. The van der Waals surface area contributed by atoms with Crippen LogP contribution in [-0.4, -0.2) is 12.1 Å². The highest BCUT2D eigenvalue weighted by molar-refractivity contribution is 7.17. The van der Waals surface area contributed by atoms with Gasteiger partial charge in [-0.25, -0.2) is 4.98 Å². The lowest BCUT2D eigenvalue weighted by molar-refractivity contribution is 0.341. The summed E-state index contributed by atoms with van der Waals surface area (Å²) in [6.45, 7) is 0. The summed E-state index contributed by atoms with van der Waals surface area (Å²) in [4.78, 5) is 5.32. The SMILES string of the molecule is CO/C=C/c1csc2ncccc12. The molecule has 0 unspecified atom stereocenters. The van der Waals surface area contributed by atoms with Crippen LogP contribution >= 0.6 is 11.3 Å². The summed E-state index contributed by atoms with van der Waals surface area (Å²) in [5.41, 5.74) is 1.16. The number of aromatic nitrogens is 1. The zero-order chi connectivity index (χ0) is 9.10. The maximum Gasteiger partial charge on any atom is 0.123 e. The molecule has 2 rings (SSSR count). The van der Waals surface area contributed by atoms with Crippen molar-refractivity contribution in [1.82, 2.24) is 4.98 Å². The maximum absolute atomic E-state index is 4.87. The minimum Gasteiger partial charge on any atom is -0.504 e. The molecule has 0 saturated heterocycles. The van der Waals surface area contributed by atoms with E-state index in [9.17, 15) is 0 Å². The summed E-state index contributed by atoms with van der Waals surface area (Å²) in [5, 5.41) is 3.26. The number of rotatable bonds is 2. The molecule has 13 heavy (non-hydrogen) atoms. The van der Waals surface area contributed by atoms with Gasteiger partial charge in [0.15, 0.2) is 0 Å². The Morgan fingerprint density at radius 1 is 1.54 bits per heavy atom. The van der Waals surface area contributed by atoms with Crippen molar-refractivity contribution in [3.8, 4) is 0 Å². The molecule has 0 fully saturated rings. The molecule has 0 atom stereocenters. The van der Waals surface area contributed by atoms with Crippen molar-refractivity contribution >= 4 is 27.6 Å². The van der Waals surface area contributed by atoms with Crippen molar-refractivity contribution < 1.29 is 4.74 Å². The van der Waals surface area contributed by atoms with Gasteiger partial charge in [0.25, 0.3) is 0 Å². The first-order valence-corrected chi connectivity index (χ1v) is 4.81. The Kier molecular flexibility index (Phi) is 2.27. The van der Waals surface area contributed by atoms with E-state index < -0.39 is 0 Å². The standard InChI is InChI=1S/C10H9NOS/c1-12-6-4-8-7-13-10-9(8)3-2-5-11-10/h2-7H,1H3/b6-4+. The number of pyridine rings is 1. The van der Waals surface area contributed by atoms with Crippen LogP contribution < -0.4 is 0 Å². The first-order valence-electron chi connectivity index (χ1n) is 3.93. The molecule has 3 heteroatoms. The minimum absolute atomic E-state index is 1.07. The Morgan fingerprint density at radius 3 is 3.31 bits per heavy atom. The van der Waals surface area contributed by atoms with Crippen LogP contribution in [0.5, 0.6) is 0 Å². The summed E-state index contributed by atoms with van der Waals surface area (Å²) in [6, 6.07) is 4.01. The quantitative estimate of drug-likeness (QED) is 0.681. The van der Waals surface area contributed by atoms with Gasteiger partial charge < -0.3 is 4.74 Å². The van der Waals surface area contributed by atoms with Gasteiger partial charge >= 0.3 is 0 Å². The van der Waals surface area contributed by atoms with Gasteiger partial charge in [0.1, 0.15) is 4.83 Å². The van der Waals surface area contributed by atoms with E-state index in [1.165, 1.54) is 5.39 Å². The van der Waals surface area contributed by atoms with E-state index in [1.54, 1.807) is 24.7 Å². The summed E-state index contributed by atoms with van der Waals surface area (Å²) in [6.07, 6.45) is 5.43. The summed E-state index contributed by atoms with van der Waals surface area (Å²) in [5.74, 6) is 0. The molecule has 2 nitrogen and oxygen atoms in total. The van der Waals surface area contributed by atoms with Crippen LogP contribution in [0.3, 0.4) is 0 Å². The first kappa shape index (κ1) is 8.26. The van der Waals surface area contributed by atoms with Gasteiger partial charge in [-0.1, -0.05) is 0 Å². The number of hydrogen-bond acceptors (Lipinski definition) is 3. The Hall–Kier alpha value is -1.35. The molecule has 0 aliphatic heterocycles. The number of hydrogen-bond donors (Lipinski definition) is 0.